The molecule has 1 atom stereocenters. The molecule has 3 amide bonds. The molecule has 3 rings (SSSR count). The number of hydrogen-bond acceptors (Lipinski definition) is 3. The van der Waals surface area contributed by atoms with Crippen LogP contribution in [0.2, 0.25) is 5.02 Å². The van der Waals surface area contributed by atoms with Crippen LogP contribution in [0, 0.1) is 5.82 Å². The number of carbonyl (C=O) groups excluding carboxylic acids is 3. The predicted octanol–water partition coefficient (Wildman–Crippen LogP) is 2.79. The third-order valence-electron chi connectivity index (χ3n) is 5.32. The molecule has 164 valence electrons. The first-order chi connectivity index (χ1) is 14.9. The van der Waals surface area contributed by atoms with Gasteiger partial charge in [0.1, 0.15) is 11.9 Å². The minimum absolute atomic E-state index is 0.225. The average molecular weight is 446 g/mol. The fourth-order valence-electron chi connectivity index (χ4n) is 3.59. The fourth-order valence-corrected chi connectivity index (χ4v) is 3.72. The molecule has 1 N–H and O–H groups in total. The van der Waals surface area contributed by atoms with Gasteiger partial charge in [-0.05, 0) is 48.2 Å². The van der Waals surface area contributed by atoms with Gasteiger partial charge >= 0.3 is 11.8 Å². The lowest BCUT2D eigenvalue weighted by molar-refractivity contribution is -0.159. The van der Waals surface area contributed by atoms with Gasteiger partial charge in [-0.25, -0.2) is 4.39 Å². The summed E-state index contributed by atoms with van der Waals surface area (Å²) >= 11 is 5.88. The number of piperazine rings is 1. The number of nitrogens with one attached hydrogen (secondary N) is 1. The van der Waals surface area contributed by atoms with Crippen molar-refractivity contribution in [1.29, 1.82) is 0 Å². The van der Waals surface area contributed by atoms with E-state index in [1.165, 1.54) is 21.9 Å². The van der Waals surface area contributed by atoms with Gasteiger partial charge in [0.05, 0.1) is 0 Å². The molecule has 0 aromatic heterocycles. The van der Waals surface area contributed by atoms with Crippen molar-refractivity contribution in [3.63, 3.8) is 0 Å². The van der Waals surface area contributed by atoms with E-state index in [-0.39, 0.29) is 24.8 Å². The Kier molecular flexibility index (Phi) is 7.63. The Bertz CT molecular complexity index is 934. The number of benzene rings is 2. The van der Waals surface area contributed by atoms with Crippen LogP contribution in [0.15, 0.2) is 48.5 Å². The second-order valence-corrected chi connectivity index (χ2v) is 7.88. The van der Waals surface area contributed by atoms with Crippen molar-refractivity contribution in [3.8, 4) is 0 Å². The molecule has 31 heavy (non-hydrogen) atoms. The largest absolute Gasteiger partial charge is 0.354 e. The highest BCUT2D eigenvalue weighted by Crippen LogP contribution is 2.16. The molecule has 1 aliphatic heterocycles. The third-order valence-corrected chi connectivity index (χ3v) is 5.57. The van der Waals surface area contributed by atoms with Crippen LogP contribution in [0.1, 0.15) is 24.5 Å². The molecule has 2 aromatic rings. The Morgan fingerprint density at radius 2 is 1.68 bits per heavy atom. The van der Waals surface area contributed by atoms with Crippen molar-refractivity contribution in [1.82, 2.24) is 15.1 Å². The molecule has 2 aromatic carbocycles. The normalized spacial score (nSPS) is 15.2. The van der Waals surface area contributed by atoms with E-state index in [1.807, 2.05) is 19.1 Å². The summed E-state index contributed by atoms with van der Waals surface area (Å²) in [5.41, 5.74) is 1.78. The summed E-state index contributed by atoms with van der Waals surface area (Å²) in [5, 5.41) is 3.51. The number of rotatable bonds is 8. The van der Waals surface area contributed by atoms with Crippen molar-refractivity contribution in [2.75, 3.05) is 19.6 Å². The zero-order valence-electron chi connectivity index (χ0n) is 17.3. The van der Waals surface area contributed by atoms with Crippen LogP contribution in [0.25, 0.3) is 0 Å². The van der Waals surface area contributed by atoms with Gasteiger partial charge in [-0.15, -0.1) is 0 Å². The highest BCUT2D eigenvalue weighted by molar-refractivity contribution is 6.35. The topological polar surface area (TPSA) is 69.7 Å². The number of halogens is 2. The zero-order chi connectivity index (χ0) is 22.4. The van der Waals surface area contributed by atoms with Crippen LogP contribution < -0.4 is 5.32 Å². The minimum atomic E-state index is -0.699. The van der Waals surface area contributed by atoms with E-state index in [0.717, 1.165) is 11.1 Å². The summed E-state index contributed by atoms with van der Waals surface area (Å²) in [7, 11) is 0. The summed E-state index contributed by atoms with van der Waals surface area (Å²) in [6, 6.07) is 12.5. The second-order valence-electron chi connectivity index (χ2n) is 7.44. The van der Waals surface area contributed by atoms with Gasteiger partial charge < -0.3 is 15.1 Å². The molecular formula is C23H25ClFN3O3. The SMILES string of the molecule is CCC(C(=O)NCCc1ccc(Cl)cc1)N1CCN(Cc2ccc(F)cc2)C(=O)C1=O. The number of amides is 3. The van der Waals surface area contributed by atoms with E-state index in [9.17, 15) is 18.8 Å². The quantitative estimate of drug-likeness (QED) is 0.635. The molecule has 0 saturated carbocycles. The fraction of sp³-hybridized carbons (Fsp3) is 0.348. The first-order valence-electron chi connectivity index (χ1n) is 10.3. The summed E-state index contributed by atoms with van der Waals surface area (Å²) in [5.74, 6) is -1.97. The van der Waals surface area contributed by atoms with Gasteiger partial charge in [-0.2, -0.15) is 0 Å². The molecule has 0 bridgehead atoms. The van der Waals surface area contributed by atoms with Crippen molar-refractivity contribution in [2.45, 2.75) is 32.4 Å². The summed E-state index contributed by atoms with van der Waals surface area (Å²) in [4.78, 5) is 40.8. The van der Waals surface area contributed by atoms with E-state index < -0.39 is 17.9 Å². The molecule has 0 spiro atoms. The average Bonchev–Trinajstić information content (AvgIpc) is 2.76. The van der Waals surface area contributed by atoms with Gasteiger partial charge in [-0.3, -0.25) is 14.4 Å². The van der Waals surface area contributed by atoms with E-state index in [4.69, 9.17) is 11.6 Å². The van der Waals surface area contributed by atoms with Gasteiger partial charge in [0.25, 0.3) is 0 Å². The maximum absolute atomic E-state index is 13.1. The smallest absolute Gasteiger partial charge is 0.312 e. The second kappa shape index (κ2) is 10.4. The van der Waals surface area contributed by atoms with Gasteiger partial charge in [-0.1, -0.05) is 42.8 Å². The Morgan fingerprint density at radius 1 is 1.03 bits per heavy atom. The molecule has 1 fully saturated rings. The molecule has 1 unspecified atom stereocenters. The van der Waals surface area contributed by atoms with Crippen LogP contribution in [-0.4, -0.2) is 53.2 Å². The first kappa shape index (κ1) is 22.7. The molecule has 0 radical (unpaired) electrons. The highest BCUT2D eigenvalue weighted by atomic mass is 35.5. The van der Waals surface area contributed by atoms with Gasteiger partial charge in [0, 0.05) is 31.2 Å². The highest BCUT2D eigenvalue weighted by Gasteiger charge is 2.38. The molecule has 0 aliphatic carbocycles. The number of hydrogen-bond donors (Lipinski definition) is 1. The number of carbonyl (C=O) groups is 3. The molecular weight excluding hydrogens is 421 g/mol. The molecule has 1 heterocycles. The summed E-state index contributed by atoms with van der Waals surface area (Å²) < 4.78 is 13.1. The van der Waals surface area contributed by atoms with Gasteiger partial charge in [0.2, 0.25) is 5.91 Å². The van der Waals surface area contributed by atoms with Crippen LogP contribution in [0.3, 0.4) is 0 Å². The molecule has 1 saturated heterocycles. The third kappa shape index (κ3) is 5.82. The van der Waals surface area contributed by atoms with Crippen LogP contribution >= 0.6 is 11.6 Å². The van der Waals surface area contributed by atoms with Crippen LogP contribution in [0.5, 0.6) is 0 Å². The van der Waals surface area contributed by atoms with E-state index in [1.54, 1.807) is 24.3 Å². The Balaban J connectivity index is 1.55. The molecule has 6 nitrogen and oxygen atoms in total. The Hall–Kier alpha value is -2.93. The predicted molar refractivity (Wildman–Crippen MR) is 116 cm³/mol. The van der Waals surface area contributed by atoms with Crippen molar-refractivity contribution in [3.05, 3.63) is 70.5 Å². The summed E-state index contributed by atoms with van der Waals surface area (Å²) in [6.07, 6.45) is 1.04. The lowest BCUT2D eigenvalue weighted by Gasteiger charge is -2.37. The lowest BCUT2D eigenvalue weighted by atomic mass is 10.1. The van der Waals surface area contributed by atoms with Gasteiger partial charge in [0.15, 0.2) is 0 Å². The van der Waals surface area contributed by atoms with Crippen molar-refractivity contribution >= 4 is 29.3 Å². The Morgan fingerprint density at radius 3 is 2.32 bits per heavy atom. The van der Waals surface area contributed by atoms with E-state index in [0.29, 0.717) is 31.0 Å². The maximum atomic E-state index is 13.1. The molecule has 8 heteroatoms. The van der Waals surface area contributed by atoms with E-state index >= 15 is 0 Å². The van der Waals surface area contributed by atoms with Crippen LogP contribution in [-0.2, 0) is 27.3 Å². The van der Waals surface area contributed by atoms with Crippen molar-refractivity contribution in [2.24, 2.45) is 0 Å². The monoisotopic (exact) mass is 445 g/mol. The number of nitrogens with zero attached hydrogens (tertiary/aromatic N) is 2. The minimum Gasteiger partial charge on any atom is -0.354 e. The maximum Gasteiger partial charge on any atom is 0.312 e. The zero-order valence-corrected chi connectivity index (χ0v) is 18.1. The lowest BCUT2D eigenvalue weighted by Crippen LogP contribution is -2.60. The van der Waals surface area contributed by atoms with Crippen LogP contribution in [0.4, 0.5) is 4.39 Å². The summed E-state index contributed by atoms with van der Waals surface area (Å²) in [6.45, 7) is 3.05. The Labute approximate surface area is 186 Å². The standard InChI is InChI=1S/C23H25ClFN3O3/c1-2-20(21(29)26-12-11-16-3-7-18(24)8-4-16)28-14-13-27(22(30)23(28)31)15-17-5-9-19(25)10-6-17/h3-10,20H,2,11-15H2,1H3,(H,26,29). The van der Waals surface area contributed by atoms with Crippen molar-refractivity contribution < 1.29 is 18.8 Å². The van der Waals surface area contributed by atoms with E-state index in [2.05, 4.69) is 5.32 Å². The molecule has 1 aliphatic rings. The first-order valence-corrected chi connectivity index (χ1v) is 10.6.